The molecule has 1 saturated carbocycles. The van der Waals surface area contributed by atoms with Gasteiger partial charge in [0.2, 0.25) is 0 Å². The minimum absolute atomic E-state index is 0.138. The third kappa shape index (κ3) is 3.05. The number of anilines is 1. The molecule has 1 heterocycles. The van der Waals surface area contributed by atoms with Gasteiger partial charge in [-0.25, -0.2) is 4.79 Å². The number of fused-ring (bicyclic) bond motifs is 1. The van der Waals surface area contributed by atoms with Gasteiger partial charge in [-0.1, -0.05) is 18.2 Å². The number of nitrogens with one attached hydrogen (secondary N) is 1. The van der Waals surface area contributed by atoms with Crippen LogP contribution in [-0.2, 0) is 16.0 Å². The van der Waals surface area contributed by atoms with Crippen LogP contribution in [-0.4, -0.2) is 37.2 Å². The summed E-state index contributed by atoms with van der Waals surface area (Å²) in [6, 6.07) is 8.93. The summed E-state index contributed by atoms with van der Waals surface area (Å²) in [5.74, 6) is -0.138. The van der Waals surface area contributed by atoms with Crippen LogP contribution in [0.4, 0.5) is 5.69 Å². The average Bonchev–Trinajstić information content (AvgIpc) is 3.19. The maximum Gasteiger partial charge on any atom is 0.327 e. The van der Waals surface area contributed by atoms with E-state index in [-0.39, 0.29) is 5.97 Å². The highest BCUT2D eigenvalue weighted by atomic mass is 16.5. The summed E-state index contributed by atoms with van der Waals surface area (Å²) in [6.07, 6.45) is 3.37. The minimum Gasteiger partial charge on any atom is -0.465 e. The van der Waals surface area contributed by atoms with Crippen LogP contribution in [0.1, 0.15) is 32.3 Å². The largest absolute Gasteiger partial charge is 0.465 e. The zero-order valence-corrected chi connectivity index (χ0v) is 12.9. The van der Waals surface area contributed by atoms with Gasteiger partial charge in [0.15, 0.2) is 0 Å². The fraction of sp³-hybridized carbons (Fsp3) is 0.588. The van der Waals surface area contributed by atoms with Gasteiger partial charge in [0, 0.05) is 24.8 Å². The molecule has 2 aliphatic rings. The lowest BCUT2D eigenvalue weighted by Gasteiger charge is -2.34. The molecule has 0 saturated heterocycles. The zero-order valence-electron chi connectivity index (χ0n) is 12.9. The Hall–Kier alpha value is -1.55. The molecule has 4 heteroatoms. The summed E-state index contributed by atoms with van der Waals surface area (Å²) in [5.41, 5.74) is 2.00. The van der Waals surface area contributed by atoms with Gasteiger partial charge in [-0.2, -0.15) is 0 Å². The smallest absolute Gasteiger partial charge is 0.327 e. The molecule has 1 fully saturated rings. The summed E-state index contributed by atoms with van der Waals surface area (Å²) >= 11 is 0. The van der Waals surface area contributed by atoms with Crippen LogP contribution in [0.5, 0.6) is 0 Å². The summed E-state index contributed by atoms with van der Waals surface area (Å²) in [6.45, 7) is 5.90. The van der Waals surface area contributed by atoms with Crippen LogP contribution in [0.3, 0.4) is 0 Å². The van der Waals surface area contributed by atoms with Gasteiger partial charge in [0.25, 0.3) is 0 Å². The van der Waals surface area contributed by atoms with Gasteiger partial charge >= 0.3 is 5.97 Å². The Balaban J connectivity index is 1.77. The normalized spacial score (nSPS) is 20.0. The Morgan fingerprint density at radius 2 is 2.19 bits per heavy atom. The molecule has 114 valence electrons. The third-order valence-electron chi connectivity index (χ3n) is 4.32. The lowest BCUT2D eigenvalue weighted by molar-refractivity contribution is -0.150. The van der Waals surface area contributed by atoms with Crippen LogP contribution >= 0.6 is 0 Å². The molecule has 1 aromatic rings. The van der Waals surface area contributed by atoms with Crippen molar-refractivity contribution in [1.82, 2.24) is 5.32 Å². The third-order valence-corrected chi connectivity index (χ3v) is 4.32. The SMILES string of the molecule is CCOC(=O)C(C)(CN1CCc2ccccc21)NC1CC1. The second kappa shape index (κ2) is 5.68. The van der Waals surface area contributed by atoms with E-state index < -0.39 is 5.54 Å². The summed E-state index contributed by atoms with van der Waals surface area (Å²) in [5, 5.41) is 3.49. The minimum atomic E-state index is -0.630. The number of carbonyl (C=O) groups is 1. The molecular formula is C17H24N2O2. The number of hydrogen-bond donors (Lipinski definition) is 1. The van der Waals surface area contributed by atoms with Crippen LogP contribution in [0, 0.1) is 0 Å². The maximum atomic E-state index is 12.4. The van der Waals surface area contributed by atoms with Crippen LogP contribution in [0.2, 0.25) is 0 Å². The van der Waals surface area contributed by atoms with Gasteiger partial charge < -0.3 is 9.64 Å². The Morgan fingerprint density at radius 1 is 1.43 bits per heavy atom. The van der Waals surface area contributed by atoms with Crippen molar-refractivity contribution in [1.29, 1.82) is 0 Å². The van der Waals surface area contributed by atoms with Crippen molar-refractivity contribution in [2.75, 3.05) is 24.6 Å². The predicted molar refractivity (Wildman–Crippen MR) is 83.6 cm³/mol. The topological polar surface area (TPSA) is 41.6 Å². The van der Waals surface area contributed by atoms with E-state index in [0.29, 0.717) is 19.2 Å². The van der Waals surface area contributed by atoms with Gasteiger partial charge in [-0.05, 0) is 44.7 Å². The van der Waals surface area contributed by atoms with E-state index in [9.17, 15) is 4.79 Å². The lowest BCUT2D eigenvalue weighted by atomic mass is 10.0. The first-order chi connectivity index (χ1) is 10.1. The molecule has 1 atom stereocenters. The van der Waals surface area contributed by atoms with Crippen molar-refractivity contribution in [3.05, 3.63) is 29.8 Å². The molecule has 0 radical (unpaired) electrons. The standard InChI is InChI=1S/C17H24N2O2/c1-3-21-16(20)17(2,18-14-8-9-14)12-19-11-10-13-6-4-5-7-15(13)19/h4-7,14,18H,3,8-12H2,1-2H3. The van der Waals surface area contributed by atoms with Crippen molar-refractivity contribution in [3.63, 3.8) is 0 Å². The molecule has 1 N–H and O–H groups in total. The number of esters is 1. The Morgan fingerprint density at radius 3 is 2.90 bits per heavy atom. The molecule has 1 aromatic carbocycles. The molecule has 3 rings (SSSR count). The molecular weight excluding hydrogens is 264 g/mol. The predicted octanol–water partition coefficient (Wildman–Crippen LogP) is 2.12. The molecule has 1 aliphatic carbocycles. The second-order valence-electron chi connectivity index (χ2n) is 6.27. The number of hydrogen-bond acceptors (Lipinski definition) is 4. The highest BCUT2D eigenvalue weighted by Crippen LogP contribution is 2.30. The molecule has 21 heavy (non-hydrogen) atoms. The molecule has 0 aromatic heterocycles. The van der Waals surface area contributed by atoms with Gasteiger partial charge in [-0.3, -0.25) is 5.32 Å². The fourth-order valence-electron chi connectivity index (χ4n) is 3.09. The molecule has 4 nitrogen and oxygen atoms in total. The summed E-state index contributed by atoms with van der Waals surface area (Å²) in [4.78, 5) is 14.7. The summed E-state index contributed by atoms with van der Waals surface area (Å²) in [7, 11) is 0. The van der Waals surface area contributed by atoms with Crippen molar-refractivity contribution < 1.29 is 9.53 Å². The second-order valence-corrected chi connectivity index (χ2v) is 6.27. The van der Waals surface area contributed by atoms with Crippen LogP contribution < -0.4 is 10.2 Å². The van der Waals surface area contributed by atoms with E-state index in [4.69, 9.17) is 4.74 Å². The highest BCUT2D eigenvalue weighted by molar-refractivity contribution is 5.82. The number of rotatable bonds is 6. The molecule has 1 unspecified atom stereocenters. The Bertz CT molecular complexity index is 527. The van der Waals surface area contributed by atoms with Crippen LogP contribution in [0.25, 0.3) is 0 Å². The van der Waals surface area contributed by atoms with E-state index >= 15 is 0 Å². The monoisotopic (exact) mass is 288 g/mol. The number of benzene rings is 1. The maximum absolute atomic E-state index is 12.4. The van der Waals surface area contributed by atoms with E-state index in [2.05, 4.69) is 34.5 Å². The van der Waals surface area contributed by atoms with Crippen molar-refractivity contribution in [2.24, 2.45) is 0 Å². The molecule has 1 aliphatic heterocycles. The Kier molecular flexibility index (Phi) is 3.89. The molecule has 0 amide bonds. The van der Waals surface area contributed by atoms with E-state index in [1.807, 2.05) is 13.8 Å². The lowest BCUT2D eigenvalue weighted by Crippen LogP contribution is -2.58. The highest BCUT2D eigenvalue weighted by Gasteiger charge is 2.41. The van der Waals surface area contributed by atoms with E-state index in [1.165, 1.54) is 11.3 Å². The van der Waals surface area contributed by atoms with Crippen molar-refractivity contribution in [3.8, 4) is 0 Å². The molecule has 0 bridgehead atoms. The summed E-state index contributed by atoms with van der Waals surface area (Å²) < 4.78 is 5.31. The number of nitrogens with zero attached hydrogens (tertiary/aromatic N) is 1. The number of para-hydroxylation sites is 1. The quantitative estimate of drug-likeness (QED) is 0.814. The van der Waals surface area contributed by atoms with Crippen molar-refractivity contribution >= 4 is 11.7 Å². The first kappa shape index (κ1) is 14.4. The van der Waals surface area contributed by atoms with Crippen molar-refractivity contribution in [2.45, 2.75) is 44.7 Å². The number of ether oxygens (including phenoxy) is 1. The first-order valence-corrected chi connectivity index (χ1v) is 7.90. The molecule has 0 spiro atoms. The average molecular weight is 288 g/mol. The fourth-order valence-corrected chi connectivity index (χ4v) is 3.09. The zero-order chi connectivity index (χ0) is 14.9. The van der Waals surface area contributed by atoms with E-state index in [0.717, 1.165) is 25.8 Å². The van der Waals surface area contributed by atoms with Gasteiger partial charge in [-0.15, -0.1) is 0 Å². The number of carbonyl (C=O) groups excluding carboxylic acids is 1. The van der Waals surface area contributed by atoms with E-state index in [1.54, 1.807) is 0 Å². The van der Waals surface area contributed by atoms with Gasteiger partial charge in [0.1, 0.15) is 5.54 Å². The first-order valence-electron chi connectivity index (χ1n) is 7.90. The Labute approximate surface area is 126 Å². The van der Waals surface area contributed by atoms with Crippen LogP contribution in [0.15, 0.2) is 24.3 Å². The van der Waals surface area contributed by atoms with Gasteiger partial charge in [0.05, 0.1) is 6.61 Å².